The molecule has 0 atom stereocenters. The summed E-state index contributed by atoms with van der Waals surface area (Å²) in [5, 5.41) is 12.2. The van der Waals surface area contributed by atoms with Crippen molar-refractivity contribution in [2.75, 3.05) is 18.4 Å². The number of likely N-dealkylation sites (tertiary alicyclic amines) is 1. The van der Waals surface area contributed by atoms with Crippen LogP contribution in [-0.4, -0.2) is 59.0 Å². The first-order valence-corrected chi connectivity index (χ1v) is 11.3. The predicted molar refractivity (Wildman–Crippen MR) is 129 cm³/mol. The van der Waals surface area contributed by atoms with E-state index in [-0.39, 0.29) is 5.92 Å². The molecule has 10 heteroatoms. The van der Waals surface area contributed by atoms with E-state index in [2.05, 4.69) is 40.1 Å². The normalized spacial score (nSPS) is 13.9. The van der Waals surface area contributed by atoms with Crippen LogP contribution in [0.25, 0.3) is 11.5 Å². The lowest BCUT2D eigenvalue weighted by Gasteiger charge is -2.36. The zero-order valence-electron chi connectivity index (χ0n) is 19.2. The highest BCUT2D eigenvalue weighted by Crippen LogP contribution is 2.19. The zero-order valence-corrected chi connectivity index (χ0v) is 19.2. The molecule has 1 aliphatic heterocycles. The van der Waals surface area contributed by atoms with Crippen LogP contribution in [0.15, 0.2) is 61.1 Å². The second kappa shape index (κ2) is 9.90. The van der Waals surface area contributed by atoms with E-state index in [1.54, 1.807) is 24.5 Å². The number of aromatic nitrogens is 6. The molecule has 1 aliphatic rings. The number of anilines is 2. The number of nitrogens with zero attached hydrogens (tertiary/aromatic N) is 7. The second-order valence-corrected chi connectivity index (χ2v) is 8.48. The van der Waals surface area contributed by atoms with Gasteiger partial charge in [-0.15, -0.1) is 0 Å². The molecule has 0 aliphatic carbocycles. The van der Waals surface area contributed by atoms with Crippen LogP contribution in [0.3, 0.4) is 0 Å². The summed E-state index contributed by atoms with van der Waals surface area (Å²) in [5.74, 6) is 1.45. The Labute approximate surface area is 202 Å². The molecule has 0 saturated carbocycles. The van der Waals surface area contributed by atoms with Crippen LogP contribution in [0.1, 0.15) is 22.8 Å². The minimum Gasteiger partial charge on any atom is -0.481 e. The lowest BCUT2D eigenvalue weighted by Crippen LogP contribution is -2.49. The van der Waals surface area contributed by atoms with Crippen molar-refractivity contribution in [1.82, 2.24) is 34.8 Å². The van der Waals surface area contributed by atoms with Gasteiger partial charge in [-0.1, -0.05) is 12.1 Å². The molecule has 5 rings (SSSR count). The molecular formula is C25H24N8O2. The number of hydrogen-bond acceptors (Lipinski definition) is 9. The number of rotatable bonds is 8. The molecule has 35 heavy (non-hydrogen) atoms. The van der Waals surface area contributed by atoms with E-state index in [0.29, 0.717) is 55.0 Å². The summed E-state index contributed by atoms with van der Waals surface area (Å²) in [6.07, 6.45) is 5.75. The van der Waals surface area contributed by atoms with Crippen LogP contribution in [0, 0.1) is 12.8 Å². The molecule has 1 fully saturated rings. The minimum atomic E-state index is -0.732. The number of pyridine rings is 2. The van der Waals surface area contributed by atoms with E-state index in [9.17, 15) is 4.79 Å². The molecule has 0 radical (unpaired) electrons. The highest BCUT2D eigenvalue weighted by molar-refractivity contribution is 5.71. The number of aryl methyl sites for hydroxylation is 1. The van der Waals surface area contributed by atoms with Gasteiger partial charge in [0.1, 0.15) is 23.2 Å². The molecule has 0 unspecified atom stereocenters. The van der Waals surface area contributed by atoms with Gasteiger partial charge in [0, 0.05) is 50.3 Å². The third-order valence-electron chi connectivity index (χ3n) is 5.67. The van der Waals surface area contributed by atoms with Crippen LogP contribution in [0.2, 0.25) is 0 Å². The molecule has 0 aromatic carbocycles. The van der Waals surface area contributed by atoms with Gasteiger partial charge in [-0.2, -0.15) is 0 Å². The molecule has 0 bridgehead atoms. The van der Waals surface area contributed by atoms with Crippen molar-refractivity contribution in [2.45, 2.75) is 19.9 Å². The topological polar surface area (TPSA) is 130 Å². The molecule has 176 valence electrons. The molecule has 0 amide bonds. The quantitative estimate of drug-likeness (QED) is 0.398. The van der Waals surface area contributed by atoms with Crippen molar-refractivity contribution in [2.24, 2.45) is 5.92 Å². The fraction of sp³-hybridized carbons (Fsp3) is 0.240. The van der Waals surface area contributed by atoms with Crippen LogP contribution < -0.4 is 5.32 Å². The van der Waals surface area contributed by atoms with Gasteiger partial charge in [0.25, 0.3) is 0 Å². The van der Waals surface area contributed by atoms with Gasteiger partial charge in [-0.3, -0.25) is 14.7 Å². The number of carbonyl (C=O) groups is 1. The summed E-state index contributed by atoms with van der Waals surface area (Å²) < 4.78 is 0. The van der Waals surface area contributed by atoms with Gasteiger partial charge >= 0.3 is 5.97 Å². The predicted octanol–water partition coefficient (Wildman–Crippen LogP) is 2.88. The lowest BCUT2D eigenvalue weighted by atomic mass is 10.0. The fourth-order valence-electron chi connectivity index (χ4n) is 3.82. The highest BCUT2D eigenvalue weighted by atomic mass is 16.4. The summed E-state index contributed by atoms with van der Waals surface area (Å²) >= 11 is 0. The van der Waals surface area contributed by atoms with Gasteiger partial charge in [0.15, 0.2) is 5.82 Å². The Balaban J connectivity index is 1.21. The maximum atomic E-state index is 10.9. The van der Waals surface area contributed by atoms with Crippen LogP contribution in [0.5, 0.6) is 0 Å². The summed E-state index contributed by atoms with van der Waals surface area (Å²) in [6, 6.07) is 13.3. The first-order chi connectivity index (χ1) is 17.0. The number of carboxylic acid groups (broad SMARTS) is 1. The molecule has 2 N–H and O–H groups in total. The first-order valence-electron chi connectivity index (χ1n) is 11.3. The minimum absolute atomic E-state index is 0.263. The van der Waals surface area contributed by atoms with E-state index in [0.717, 1.165) is 17.0 Å². The van der Waals surface area contributed by atoms with Crippen molar-refractivity contribution in [3.63, 3.8) is 0 Å². The van der Waals surface area contributed by atoms with Gasteiger partial charge < -0.3 is 10.4 Å². The Bertz CT molecular complexity index is 1340. The third kappa shape index (κ3) is 5.61. The first kappa shape index (κ1) is 22.5. The Hall–Kier alpha value is -4.31. The number of hydrogen-bond donors (Lipinski definition) is 2. The van der Waals surface area contributed by atoms with Crippen molar-refractivity contribution in [1.29, 1.82) is 0 Å². The van der Waals surface area contributed by atoms with E-state index >= 15 is 0 Å². The standard InChI is InChI=1S/C25H24N8O2/c1-16-3-2-4-20(29-16)24-27-10-8-22(32-24)30-21-7-9-26-23(31-21)11-17-5-6-19(28-12-17)15-33-13-18(14-33)25(34)35/h2-10,12,18H,11,13-15H2,1H3,(H,34,35)(H,26,27,30,31,32). The number of carboxylic acids is 1. The monoisotopic (exact) mass is 468 g/mol. The Morgan fingerprint density at radius 2 is 1.80 bits per heavy atom. The van der Waals surface area contributed by atoms with E-state index in [1.165, 1.54) is 0 Å². The third-order valence-corrected chi connectivity index (χ3v) is 5.67. The maximum Gasteiger partial charge on any atom is 0.309 e. The summed E-state index contributed by atoms with van der Waals surface area (Å²) in [7, 11) is 0. The maximum absolute atomic E-state index is 10.9. The van der Waals surface area contributed by atoms with Gasteiger partial charge in [-0.05, 0) is 42.8 Å². The SMILES string of the molecule is Cc1cccc(-c2nccc(Nc3ccnc(Cc4ccc(CN5CC(C(=O)O)C5)nc4)n3)n2)n1. The van der Waals surface area contributed by atoms with E-state index in [4.69, 9.17) is 5.11 Å². The van der Waals surface area contributed by atoms with Gasteiger partial charge in [0.2, 0.25) is 0 Å². The second-order valence-electron chi connectivity index (χ2n) is 8.48. The lowest BCUT2D eigenvalue weighted by molar-refractivity contribution is -0.147. The zero-order chi connectivity index (χ0) is 24.2. The van der Waals surface area contributed by atoms with Crippen molar-refractivity contribution < 1.29 is 9.90 Å². The fourth-order valence-corrected chi connectivity index (χ4v) is 3.82. The average molecular weight is 469 g/mol. The Kier molecular flexibility index (Phi) is 6.36. The van der Waals surface area contributed by atoms with E-state index in [1.807, 2.05) is 43.5 Å². The summed E-state index contributed by atoms with van der Waals surface area (Å²) in [4.78, 5) is 39.9. The van der Waals surface area contributed by atoms with Crippen LogP contribution in [0.4, 0.5) is 11.6 Å². The Morgan fingerprint density at radius 3 is 2.54 bits per heavy atom. The van der Waals surface area contributed by atoms with E-state index < -0.39 is 5.97 Å². The molecule has 0 spiro atoms. The largest absolute Gasteiger partial charge is 0.481 e. The Morgan fingerprint density at radius 1 is 1.00 bits per heavy atom. The molecule has 1 saturated heterocycles. The molecule has 4 aromatic rings. The number of nitrogens with one attached hydrogen (secondary N) is 1. The van der Waals surface area contributed by atoms with Gasteiger partial charge in [-0.25, -0.2) is 24.9 Å². The van der Waals surface area contributed by atoms with Crippen molar-refractivity contribution in [3.8, 4) is 11.5 Å². The molecule has 10 nitrogen and oxygen atoms in total. The van der Waals surface area contributed by atoms with Crippen molar-refractivity contribution >= 4 is 17.6 Å². The molecular weight excluding hydrogens is 444 g/mol. The summed E-state index contributed by atoms with van der Waals surface area (Å²) in [6.45, 7) is 3.72. The molecule has 4 aromatic heterocycles. The summed E-state index contributed by atoms with van der Waals surface area (Å²) in [5.41, 5.74) is 3.52. The highest BCUT2D eigenvalue weighted by Gasteiger charge is 2.32. The molecule has 5 heterocycles. The smallest absolute Gasteiger partial charge is 0.309 e. The van der Waals surface area contributed by atoms with Crippen LogP contribution >= 0.6 is 0 Å². The number of aliphatic carboxylic acids is 1. The van der Waals surface area contributed by atoms with Crippen LogP contribution in [-0.2, 0) is 17.8 Å². The van der Waals surface area contributed by atoms with Gasteiger partial charge in [0.05, 0.1) is 11.6 Å². The van der Waals surface area contributed by atoms with Crippen molar-refractivity contribution in [3.05, 3.63) is 83.8 Å². The average Bonchev–Trinajstić information content (AvgIpc) is 2.82.